The second-order valence-electron chi connectivity index (χ2n) is 9.94. The van der Waals surface area contributed by atoms with E-state index in [1.165, 1.54) is 25.1 Å². The van der Waals surface area contributed by atoms with Gasteiger partial charge in [-0.15, -0.1) is 23.2 Å². The molecule has 3 amide bonds. The third kappa shape index (κ3) is 2.95. The third-order valence-electron chi connectivity index (χ3n) is 8.06. The molecule has 38 heavy (non-hydrogen) atoms. The summed E-state index contributed by atoms with van der Waals surface area (Å²) < 4.78 is 0. The molecular weight excluding hydrogens is 529 g/mol. The Bertz CT molecular complexity index is 1470. The summed E-state index contributed by atoms with van der Waals surface area (Å²) in [5, 5.41) is 13.9. The predicted octanol–water partition coefficient (Wildman–Crippen LogP) is 4.82. The van der Waals surface area contributed by atoms with Crippen LogP contribution in [0.15, 0.2) is 66.7 Å². The van der Waals surface area contributed by atoms with Crippen LogP contribution >= 0.6 is 23.2 Å². The van der Waals surface area contributed by atoms with E-state index in [-0.39, 0.29) is 11.4 Å². The molecule has 3 aliphatic carbocycles. The van der Waals surface area contributed by atoms with Gasteiger partial charge in [-0.05, 0) is 42.2 Å². The topological polar surface area (TPSA) is 110 Å². The van der Waals surface area contributed by atoms with E-state index in [9.17, 15) is 24.5 Å². The van der Waals surface area contributed by atoms with E-state index in [0.29, 0.717) is 27.8 Å². The van der Waals surface area contributed by atoms with Crippen molar-refractivity contribution >= 4 is 52.3 Å². The van der Waals surface area contributed by atoms with Crippen LogP contribution in [0, 0.1) is 28.9 Å². The van der Waals surface area contributed by atoms with Crippen LogP contribution in [-0.4, -0.2) is 33.6 Å². The number of imide groups is 1. The van der Waals surface area contributed by atoms with Gasteiger partial charge < -0.3 is 5.32 Å². The average molecular weight is 550 g/mol. The van der Waals surface area contributed by atoms with Gasteiger partial charge in [0, 0.05) is 17.3 Å². The maximum absolute atomic E-state index is 14.0. The Hall–Kier alpha value is -3.75. The zero-order valence-electron chi connectivity index (χ0n) is 20.3. The number of hydrogen-bond acceptors (Lipinski definition) is 5. The number of nitro benzene ring substituents is 1. The second kappa shape index (κ2) is 8.12. The fraction of sp³-hybridized carbons (Fsp3) is 0.250. The lowest BCUT2D eigenvalue weighted by molar-refractivity contribution is -0.385. The molecule has 3 atom stereocenters. The minimum absolute atomic E-state index is 0.157. The molecule has 4 aliphatic rings. The zero-order valence-corrected chi connectivity index (χ0v) is 21.8. The molecule has 1 N–H and O–H groups in total. The number of amides is 3. The number of halogens is 2. The lowest BCUT2D eigenvalue weighted by Gasteiger charge is -2.54. The first-order chi connectivity index (χ1) is 18.0. The first-order valence-electron chi connectivity index (χ1n) is 12.0. The van der Waals surface area contributed by atoms with Gasteiger partial charge in [-0.25, -0.2) is 0 Å². The SMILES string of the molecule is Cc1ccc(NC(=O)[C@H](C)N2C(=O)[C@H]3[C@H](C2=O)C2(Cl)c4ccccc4C3(Cl)c3ccccc32)cc1[N+](=O)[O-]. The summed E-state index contributed by atoms with van der Waals surface area (Å²) in [6.45, 7) is 3.03. The van der Waals surface area contributed by atoms with Crippen LogP contribution in [0.1, 0.15) is 34.7 Å². The number of alkyl halides is 2. The molecule has 8 nitrogen and oxygen atoms in total. The maximum atomic E-state index is 14.0. The lowest BCUT2D eigenvalue weighted by Crippen LogP contribution is -2.57. The summed E-state index contributed by atoms with van der Waals surface area (Å²) in [5.41, 5.74) is 3.14. The van der Waals surface area contributed by atoms with Gasteiger partial charge in [-0.2, -0.15) is 0 Å². The van der Waals surface area contributed by atoms with Gasteiger partial charge in [0.25, 0.3) is 5.69 Å². The summed E-state index contributed by atoms with van der Waals surface area (Å²) in [4.78, 5) is 50.2. The Balaban J connectivity index is 1.41. The molecule has 192 valence electrons. The molecule has 1 aliphatic heterocycles. The highest BCUT2D eigenvalue weighted by atomic mass is 35.5. The number of nitrogens with zero attached hydrogens (tertiary/aromatic N) is 2. The first-order valence-corrected chi connectivity index (χ1v) is 12.8. The number of rotatable bonds is 4. The molecule has 1 fully saturated rings. The van der Waals surface area contributed by atoms with Crippen LogP contribution in [0.2, 0.25) is 0 Å². The van der Waals surface area contributed by atoms with Crippen molar-refractivity contribution in [2.45, 2.75) is 29.6 Å². The number of likely N-dealkylation sites (tertiary alicyclic amines) is 1. The van der Waals surface area contributed by atoms with Gasteiger partial charge in [0.15, 0.2) is 0 Å². The molecule has 0 radical (unpaired) electrons. The number of benzene rings is 3. The van der Waals surface area contributed by atoms with Gasteiger partial charge in [-0.1, -0.05) is 54.6 Å². The first kappa shape index (κ1) is 24.6. The Labute approximate surface area is 227 Å². The largest absolute Gasteiger partial charge is 0.324 e. The van der Waals surface area contributed by atoms with Gasteiger partial charge in [0.1, 0.15) is 15.8 Å². The van der Waals surface area contributed by atoms with Crippen LogP contribution in [0.25, 0.3) is 0 Å². The van der Waals surface area contributed by atoms with Crippen molar-refractivity contribution in [2.75, 3.05) is 5.32 Å². The highest BCUT2D eigenvalue weighted by Gasteiger charge is 2.73. The van der Waals surface area contributed by atoms with Gasteiger partial charge in [-0.3, -0.25) is 29.4 Å². The summed E-state index contributed by atoms with van der Waals surface area (Å²) >= 11 is 14.8. The number of anilines is 1. The number of nitrogens with one attached hydrogen (secondary N) is 1. The Kier molecular flexibility index (Phi) is 5.25. The average Bonchev–Trinajstić information content (AvgIpc) is 3.18. The summed E-state index contributed by atoms with van der Waals surface area (Å²) in [5.74, 6) is -3.87. The van der Waals surface area contributed by atoms with Crippen molar-refractivity contribution in [3.05, 3.63) is 105 Å². The van der Waals surface area contributed by atoms with E-state index >= 15 is 0 Å². The van der Waals surface area contributed by atoms with Crippen LogP contribution in [0.5, 0.6) is 0 Å². The standard InChI is InChI=1S/C28H21Cl2N3O5/c1-14-11-12-16(13-21(14)33(37)38)31-24(34)15(2)32-25(35)22-23(26(32)36)28(30)18-8-4-3-7-17(18)27(22,29)19-9-5-6-10-20(19)28/h3-13,15,22-23H,1-2H3,(H,31,34)/t15-,22+,23+,27?,28?/m0/s1. The van der Waals surface area contributed by atoms with Crippen molar-refractivity contribution in [1.82, 2.24) is 4.90 Å². The van der Waals surface area contributed by atoms with E-state index in [1.807, 2.05) is 48.5 Å². The van der Waals surface area contributed by atoms with Crippen LogP contribution in [0.4, 0.5) is 11.4 Å². The van der Waals surface area contributed by atoms with Crippen molar-refractivity contribution in [3.63, 3.8) is 0 Å². The van der Waals surface area contributed by atoms with Gasteiger partial charge in [0.05, 0.1) is 16.8 Å². The Morgan fingerprint density at radius 1 is 0.921 bits per heavy atom. The fourth-order valence-electron chi connectivity index (χ4n) is 6.32. The van der Waals surface area contributed by atoms with E-state index in [0.717, 1.165) is 4.90 Å². The van der Waals surface area contributed by atoms with Crippen molar-refractivity contribution in [1.29, 1.82) is 0 Å². The van der Waals surface area contributed by atoms with Gasteiger partial charge in [0.2, 0.25) is 17.7 Å². The predicted molar refractivity (Wildman–Crippen MR) is 141 cm³/mol. The fourth-order valence-corrected chi connectivity index (χ4v) is 7.42. The number of hydrogen-bond donors (Lipinski definition) is 1. The minimum atomic E-state index is -1.34. The number of carbonyl (C=O) groups excluding carboxylic acids is 3. The molecule has 0 unspecified atom stereocenters. The molecular formula is C28H21Cl2N3O5. The van der Waals surface area contributed by atoms with E-state index in [1.54, 1.807) is 6.92 Å². The van der Waals surface area contributed by atoms with Crippen LogP contribution in [-0.2, 0) is 24.1 Å². The molecule has 7 rings (SSSR count). The van der Waals surface area contributed by atoms with Crippen molar-refractivity contribution in [2.24, 2.45) is 11.8 Å². The molecule has 1 saturated heterocycles. The molecule has 3 aromatic carbocycles. The molecule has 3 aromatic rings. The number of carbonyl (C=O) groups is 3. The highest BCUT2D eigenvalue weighted by molar-refractivity contribution is 6.36. The number of aryl methyl sites for hydroxylation is 1. The number of nitro groups is 1. The lowest BCUT2D eigenvalue weighted by atomic mass is 9.54. The second-order valence-corrected chi connectivity index (χ2v) is 11.1. The molecule has 1 heterocycles. The Morgan fingerprint density at radius 3 is 1.79 bits per heavy atom. The quantitative estimate of drug-likeness (QED) is 0.217. The molecule has 0 aromatic heterocycles. The van der Waals surface area contributed by atoms with Crippen LogP contribution in [0.3, 0.4) is 0 Å². The van der Waals surface area contributed by atoms with Crippen molar-refractivity contribution in [3.8, 4) is 0 Å². The molecule has 2 bridgehead atoms. The smallest absolute Gasteiger partial charge is 0.274 e. The minimum Gasteiger partial charge on any atom is -0.324 e. The third-order valence-corrected chi connectivity index (χ3v) is 9.34. The van der Waals surface area contributed by atoms with E-state index in [4.69, 9.17) is 23.2 Å². The molecule has 0 spiro atoms. The normalized spacial score (nSPS) is 27.4. The zero-order chi connectivity index (χ0) is 27.1. The highest BCUT2D eigenvalue weighted by Crippen LogP contribution is 2.69. The molecule has 0 saturated carbocycles. The summed E-state index contributed by atoms with van der Waals surface area (Å²) in [6.07, 6.45) is 0. The van der Waals surface area contributed by atoms with Crippen LogP contribution < -0.4 is 5.32 Å². The Morgan fingerprint density at radius 2 is 1.37 bits per heavy atom. The van der Waals surface area contributed by atoms with E-state index in [2.05, 4.69) is 5.32 Å². The molecule has 10 heteroatoms. The van der Waals surface area contributed by atoms with Crippen molar-refractivity contribution < 1.29 is 19.3 Å². The van der Waals surface area contributed by atoms with Gasteiger partial charge >= 0.3 is 0 Å². The summed E-state index contributed by atoms with van der Waals surface area (Å²) in [7, 11) is 0. The maximum Gasteiger partial charge on any atom is 0.274 e. The summed E-state index contributed by atoms with van der Waals surface area (Å²) in [6, 6.07) is 17.6. The monoisotopic (exact) mass is 549 g/mol. The van der Waals surface area contributed by atoms with E-state index < -0.39 is 50.3 Å².